The van der Waals surface area contributed by atoms with E-state index in [9.17, 15) is 17.2 Å². The lowest BCUT2D eigenvalue weighted by Gasteiger charge is -2.17. The molecule has 1 aromatic rings. The summed E-state index contributed by atoms with van der Waals surface area (Å²) in [4.78, 5) is 7.40. The quantitative estimate of drug-likeness (QED) is 0.250. The van der Waals surface area contributed by atoms with Gasteiger partial charge in [-0.3, -0.25) is 4.55 Å². The predicted molar refractivity (Wildman–Crippen MR) is 150 cm³/mol. The number of allylic oxidation sites excluding steroid dienone is 4. The van der Waals surface area contributed by atoms with Crippen LogP contribution in [0.25, 0.3) is 0 Å². The molecule has 0 bridgehead atoms. The highest BCUT2D eigenvalue weighted by atomic mass is 32.2. The predicted octanol–water partition coefficient (Wildman–Crippen LogP) is 6.37. The van der Waals surface area contributed by atoms with Crippen LogP contribution in [-0.2, 0) is 33.8 Å². The van der Waals surface area contributed by atoms with Gasteiger partial charge in [0.25, 0.3) is 10.1 Å². The van der Waals surface area contributed by atoms with Crippen molar-refractivity contribution in [1.82, 2.24) is 4.90 Å². The number of unbranched alkanes of at least 4 members (excludes halogenated alkanes) is 5. The van der Waals surface area contributed by atoms with E-state index in [1.165, 1.54) is 31.8 Å². The summed E-state index contributed by atoms with van der Waals surface area (Å²) in [6.07, 6.45) is 18.3. The SMILES string of the molecule is CCCCCCCCN1C=C(C=C2C=CC=CC2S(=O)(=O)O)S(=O)C1=Nc1c(CC)cccc1CC. The van der Waals surface area contributed by atoms with Crippen molar-refractivity contribution < 1.29 is 17.2 Å². The molecule has 1 aliphatic heterocycles. The third-order valence-corrected chi connectivity index (χ3v) is 8.86. The summed E-state index contributed by atoms with van der Waals surface area (Å²) in [5.41, 5.74) is 3.47. The van der Waals surface area contributed by atoms with Crippen LogP contribution in [0.15, 0.2) is 70.2 Å². The fraction of sp³-hybridized carbons (Fsp3) is 0.464. The molecule has 2 atom stereocenters. The monoisotopic (exact) mass is 530 g/mol. The lowest BCUT2D eigenvalue weighted by molar-refractivity contribution is 0.479. The molecule has 196 valence electrons. The molecule has 36 heavy (non-hydrogen) atoms. The average molecular weight is 531 g/mol. The Morgan fingerprint density at radius 2 is 1.69 bits per heavy atom. The Kier molecular flexibility index (Phi) is 10.5. The van der Waals surface area contributed by atoms with Gasteiger partial charge in [-0.2, -0.15) is 8.42 Å². The van der Waals surface area contributed by atoms with E-state index in [1.807, 2.05) is 17.2 Å². The summed E-state index contributed by atoms with van der Waals surface area (Å²) in [5, 5.41) is -0.703. The van der Waals surface area contributed by atoms with Gasteiger partial charge in [0, 0.05) is 12.7 Å². The number of para-hydroxylation sites is 1. The van der Waals surface area contributed by atoms with E-state index in [4.69, 9.17) is 4.99 Å². The van der Waals surface area contributed by atoms with Crippen LogP contribution in [0.5, 0.6) is 0 Å². The lowest BCUT2D eigenvalue weighted by atomic mass is 10.0. The number of nitrogens with zero attached hydrogens (tertiary/aromatic N) is 2. The Bertz CT molecular complexity index is 1190. The maximum Gasteiger partial charge on any atom is 0.275 e. The second-order valence-corrected chi connectivity index (χ2v) is 12.0. The van der Waals surface area contributed by atoms with Crippen molar-refractivity contribution in [2.75, 3.05) is 6.54 Å². The molecule has 3 rings (SSSR count). The average Bonchev–Trinajstić information content (AvgIpc) is 3.15. The highest BCUT2D eigenvalue weighted by Gasteiger charge is 2.30. The molecular weight excluding hydrogens is 492 g/mol. The number of amidine groups is 1. The Hall–Kier alpha value is -2.29. The molecule has 0 fully saturated rings. The van der Waals surface area contributed by atoms with Crippen LogP contribution in [0, 0.1) is 0 Å². The first-order chi connectivity index (χ1) is 17.3. The maximum absolute atomic E-state index is 13.7. The fourth-order valence-electron chi connectivity index (χ4n) is 4.45. The van der Waals surface area contributed by atoms with Crippen molar-refractivity contribution in [3.05, 3.63) is 76.4 Å². The van der Waals surface area contributed by atoms with E-state index in [0.717, 1.165) is 42.5 Å². The third-order valence-electron chi connectivity index (χ3n) is 6.48. The molecule has 0 saturated carbocycles. The minimum atomic E-state index is -4.33. The number of rotatable bonds is 12. The summed E-state index contributed by atoms with van der Waals surface area (Å²) < 4.78 is 47.2. The lowest BCUT2D eigenvalue weighted by Crippen LogP contribution is -2.25. The standard InChI is InChI=1S/C28H38N2O4S2/c1-4-7-8-9-10-13-19-30-21-25(20-24-15-11-12-18-26(24)36(32,33)34)35(31)28(30)29-27-22(5-2)16-14-17-23(27)6-3/h11-12,14-18,20-21,26H,4-10,13,19H2,1-3H3,(H,32,33,34). The van der Waals surface area contributed by atoms with Crippen molar-refractivity contribution in [2.45, 2.75) is 77.4 Å². The molecule has 1 heterocycles. The van der Waals surface area contributed by atoms with Gasteiger partial charge in [0.05, 0.1) is 10.6 Å². The first kappa shape index (κ1) is 28.3. The molecule has 1 aliphatic carbocycles. The van der Waals surface area contributed by atoms with Gasteiger partial charge in [-0.1, -0.05) is 95.4 Å². The smallest absolute Gasteiger partial charge is 0.275 e. The van der Waals surface area contributed by atoms with Gasteiger partial charge in [0.15, 0.2) is 0 Å². The molecule has 2 unspecified atom stereocenters. The molecule has 0 radical (unpaired) electrons. The first-order valence-corrected chi connectivity index (χ1v) is 15.6. The molecule has 8 heteroatoms. The minimum absolute atomic E-state index is 0.378. The first-order valence-electron chi connectivity index (χ1n) is 12.9. The van der Waals surface area contributed by atoms with E-state index in [-0.39, 0.29) is 0 Å². The highest BCUT2D eigenvalue weighted by molar-refractivity contribution is 8.04. The van der Waals surface area contributed by atoms with E-state index in [0.29, 0.717) is 22.2 Å². The van der Waals surface area contributed by atoms with Gasteiger partial charge in [0.2, 0.25) is 5.17 Å². The zero-order valence-electron chi connectivity index (χ0n) is 21.5. The third kappa shape index (κ3) is 7.14. The van der Waals surface area contributed by atoms with Gasteiger partial charge < -0.3 is 4.90 Å². The molecule has 0 saturated heterocycles. The van der Waals surface area contributed by atoms with Crippen molar-refractivity contribution in [1.29, 1.82) is 0 Å². The number of aliphatic imine (C=N–C) groups is 1. The molecule has 6 nitrogen and oxygen atoms in total. The zero-order valence-corrected chi connectivity index (χ0v) is 23.2. The van der Waals surface area contributed by atoms with Gasteiger partial charge in [0.1, 0.15) is 16.0 Å². The maximum atomic E-state index is 13.7. The Labute approximate surface area is 218 Å². The molecule has 1 aromatic carbocycles. The Balaban J connectivity index is 1.96. The van der Waals surface area contributed by atoms with Crippen LogP contribution in [0.4, 0.5) is 5.69 Å². The van der Waals surface area contributed by atoms with Crippen LogP contribution < -0.4 is 0 Å². The Morgan fingerprint density at radius 3 is 2.33 bits per heavy atom. The largest absolute Gasteiger partial charge is 0.324 e. The van der Waals surface area contributed by atoms with Crippen LogP contribution in [0.3, 0.4) is 0 Å². The van der Waals surface area contributed by atoms with Crippen LogP contribution >= 0.6 is 0 Å². The molecule has 0 spiro atoms. The van der Waals surface area contributed by atoms with Crippen molar-refractivity contribution in [3.8, 4) is 0 Å². The summed E-state index contributed by atoms with van der Waals surface area (Å²) in [6, 6.07) is 6.15. The molecular formula is C28H38N2O4S2. The van der Waals surface area contributed by atoms with Gasteiger partial charge >= 0.3 is 0 Å². The van der Waals surface area contributed by atoms with Crippen LogP contribution in [0.2, 0.25) is 0 Å². The van der Waals surface area contributed by atoms with Crippen molar-refractivity contribution >= 4 is 31.8 Å². The number of aryl methyl sites for hydroxylation is 2. The number of benzene rings is 1. The molecule has 0 amide bonds. The van der Waals surface area contributed by atoms with E-state index in [2.05, 4.69) is 32.9 Å². The number of hydrogen-bond donors (Lipinski definition) is 1. The molecule has 0 aromatic heterocycles. The summed E-state index contributed by atoms with van der Waals surface area (Å²) in [7, 11) is -5.91. The van der Waals surface area contributed by atoms with Crippen LogP contribution in [0.1, 0.15) is 70.4 Å². The van der Waals surface area contributed by atoms with Crippen molar-refractivity contribution in [2.24, 2.45) is 4.99 Å². The summed E-state index contributed by atoms with van der Waals surface area (Å²) in [5.74, 6) is 0. The van der Waals surface area contributed by atoms with Crippen LogP contribution in [-0.4, -0.2) is 39.0 Å². The molecule has 2 aliphatic rings. The number of hydrogen-bond acceptors (Lipinski definition) is 4. The van der Waals surface area contributed by atoms with E-state index >= 15 is 0 Å². The summed E-state index contributed by atoms with van der Waals surface area (Å²) in [6.45, 7) is 7.07. The van der Waals surface area contributed by atoms with Gasteiger partial charge in [-0.25, -0.2) is 9.20 Å². The second kappa shape index (κ2) is 13.3. The van der Waals surface area contributed by atoms with E-state index < -0.39 is 26.2 Å². The van der Waals surface area contributed by atoms with Crippen molar-refractivity contribution in [3.63, 3.8) is 0 Å². The minimum Gasteiger partial charge on any atom is -0.324 e. The fourth-order valence-corrected chi connectivity index (χ4v) is 6.43. The topological polar surface area (TPSA) is 87.0 Å². The zero-order chi connectivity index (χ0) is 26.1. The van der Waals surface area contributed by atoms with Gasteiger partial charge in [-0.05, 0) is 42.0 Å². The summed E-state index contributed by atoms with van der Waals surface area (Å²) >= 11 is 0. The van der Waals surface area contributed by atoms with Gasteiger partial charge in [-0.15, -0.1) is 0 Å². The Morgan fingerprint density at radius 1 is 1.03 bits per heavy atom. The normalized spacial score (nSPS) is 22.1. The van der Waals surface area contributed by atoms with E-state index in [1.54, 1.807) is 24.3 Å². The second-order valence-electron chi connectivity index (χ2n) is 9.11. The molecule has 1 N–H and O–H groups in total. The highest BCUT2D eigenvalue weighted by Crippen LogP contribution is 2.31.